The summed E-state index contributed by atoms with van der Waals surface area (Å²) in [6, 6.07) is 3.58. The number of likely N-dealkylation sites (N-methyl/N-ethyl adjacent to an activating group) is 1. The van der Waals surface area contributed by atoms with Crippen molar-refractivity contribution < 1.29 is 14.5 Å². The molecule has 0 spiro atoms. The van der Waals surface area contributed by atoms with E-state index >= 15 is 0 Å². The molecule has 2 N–H and O–H groups in total. The number of fused-ring (bicyclic) bond motifs is 4. The maximum Gasteiger partial charge on any atom is 0.279 e. The van der Waals surface area contributed by atoms with E-state index in [1.54, 1.807) is 16.8 Å². The maximum absolute atomic E-state index is 12.9. The van der Waals surface area contributed by atoms with E-state index in [1.807, 2.05) is 25.1 Å². The fourth-order valence-corrected chi connectivity index (χ4v) is 4.29. The third kappa shape index (κ3) is 3.91. The zero-order chi connectivity index (χ0) is 20.5. The Bertz CT molecular complexity index is 987. The highest BCUT2D eigenvalue weighted by Gasteiger charge is 2.37. The molecule has 0 radical (unpaired) electrons. The topological polar surface area (TPSA) is 102 Å². The summed E-state index contributed by atoms with van der Waals surface area (Å²) >= 11 is 0. The Kier molecular flexibility index (Phi) is 5.14. The van der Waals surface area contributed by atoms with Crippen molar-refractivity contribution >= 4 is 17.5 Å². The third-order valence-corrected chi connectivity index (χ3v) is 5.46. The highest BCUT2D eigenvalue weighted by molar-refractivity contribution is 5.92. The van der Waals surface area contributed by atoms with Crippen LogP contribution in [0.25, 0.3) is 0 Å². The number of carbonyl (C=O) groups excluding carboxylic acids is 2. The number of pyridine rings is 1. The van der Waals surface area contributed by atoms with Gasteiger partial charge in [-0.25, -0.2) is 4.98 Å². The van der Waals surface area contributed by atoms with Gasteiger partial charge in [0.1, 0.15) is 11.4 Å². The molecule has 0 aromatic carbocycles. The molecule has 4 heterocycles. The van der Waals surface area contributed by atoms with E-state index in [0.717, 1.165) is 17.0 Å². The second-order valence-corrected chi connectivity index (χ2v) is 8.12. The van der Waals surface area contributed by atoms with E-state index in [9.17, 15) is 14.4 Å². The lowest BCUT2D eigenvalue weighted by molar-refractivity contribution is -0.849. The zero-order valence-corrected chi connectivity index (χ0v) is 16.6. The van der Waals surface area contributed by atoms with Gasteiger partial charge in [-0.2, -0.15) is 0 Å². The third-order valence-electron chi connectivity index (χ3n) is 5.46. The standard InChI is InChI=1S/C20H24N6O3/c1-24(2)12-18(27)23-15-3-4-17-14-7-13(10-26(17)20(15)29)9-25(11-14)19(28)16-8-21-5-6-22-16/h3-6,8,13-14H,7,9-12H2,1-2H3,(H,23,27)/p+1/t13-,14+/m0/s1. The molecular formula is C20H25N6O3+. The number of likely N-dealkylation sites (tertiary alicyclic amines) is 1. The molecule has 0 saturated carbocycles. The van der Waals surface area contributed by atoms with Crippen molar-refractivity contribution in [3.63, 3.8) is 0 Å². The first-order chi connectivity index (χ1) is 13.9. The van der Waals surface area contributed by atoms with Gasteiger partial charge in [0.25, 0.3) is 17.4 Å². The van der Waals surface area contributed by atoms with Crippen molar-refractivity contribution in [1.82, 2.24) is 19.4 Å². The second-order valence-electron chi connectivity index (χ2n) is 8.12. The predicted octanol–water partition coefficient (Wildman–Crippen LogP) is -1.02. The lowest BCUT2D eigenvalue weighted by Crippen LogP contribution is -3.06. The number of hydrogen-bond donors (Lipinski definition) is 2. The summed E-state index contributed by atoms with van der Waals surface area (Å²) in [6.07, 6.45) is 5.48. The lowest BCUT2D eigenvalue weighted by atomic mass is 9.83. The van der Waals surface area contributed by atoms with Gasteiger partial charge in [0.05, 0.1) is 20.3 Å². The molecule has 9 heteroatoms. The number of quaternary nitrogens is 1. The van der Waals surface area contributed by atoms with Gasteiger partial charge in [0.2, 0.25) is 0 Å². The summed E-state index contributed by atoms with van der Waals surface area (Å²) in [4.78, 5) is 48.7. The van der Waals surface area contributed by atoms with Gasteiger partial charge in [-0.05, 0) is 24.5 Å². The van der Waals surface area contributed by atoms with E-state index in [4.69, 9.17) is 0 Å². The molecule has 2 aliphatic heterocycles. The average molecular weight is 397 g/mol. The number of nitrogens with one attached hydrogen (secondary N) is 2. The molecule has 0 unspecified atom stereocenters. The van der Waals surface area contributed by atoms with Crippen LogP contribution in [0, 0.1) is 5.92 Å². The minimum Gasteiger partial charge on any atom is -0.336 e. The lowest BCUT2D eigenvalue weighted by Gasteiger charge is -2.42. The number of amides is 2. The van der Waals surface area contributed by atoms with E-state index in [-0.39, 0.29) is 29.2 Å². The fraction of sp³-hybridized carbons (Fsp3) is 0.450. The molecule has 4 rings (SSSR count). The van der Waals surface area contributed by atoms with Gasteiger partial charge in [-0.1, -0.05) is 0 Å². The molecule has 1 fully saturated rings. The molecule has 152 valence electrons. The van der Waals surface area contributed by atoms with Gasteiger partial charge in [0.15, 0.2) is 6.54 Å². The summed E-state index contributed by atoms with van der Waals surface area (Å²) in [5.74, 6) is -0.0263. The summed E-state index contributed by atoms with van der Waals surface area (Å²) in [5, 5.41) is 2.73. The van der Waals surface area contributed by atoms with Crippen LogP contribution in [0.3, 0.4) is 0 Å². The molecule has 2 atom stereocenters. The van der Waals surface area contributed by atoms with Crippen LogP contribution in [0.15, 0.2) is 35.5 Å². The fourth-order valence-electron chi connectivity index (χ4n) is 4.29. The molecule has 2 aromatic rings. The van der Waals surface area contributed by atoms with Crippen LogP contribution in [0.2, 0.25) is 0 Å². The Balaban J connectivity index is 1.55. The Morgan fingerprint density at radius 3 is 2.76 bits per heavy atom. The summed E-state index contributed by atoms with van der Waals surface area (Å²) in [5.41, 5.74) is 1.39. The van der Waals surface area contributed by atoms with Crippen molar-refractivity contribution in [3.05, 3.63) is 52.5 Å². The zero-order valence-electron chi connectivity index (χ0n) is 16.6. The van der Waals surface area contributed by atoms with E-state index < -0.39 is 0 Å². The van der Waals surface area contributed by atoms with Crippen LogP contribution >= 0.6 is 0 Å². The maximum atomic E-state index is 12.9. The highest BCUT2D eigenvalue weighted by atomic mass is 16.2. The van der Waals surface area contributed by atoms with Crippen molar-refractivity contribution in [2.75, 3.05) is 39.0 Å². The van der Waals surface area contributed by atoms with Crippen molar-refractivity contribution in [2.45, 2.75) is 18.9 Å². The van der Waals surface area contributed by atoms with E-state index in [1.165, 1.54) is 12.4 Å². The number of hydrogen-bond acceptors (Lipinski definition) is 5. The van der Waals surface area contributed by atoms with Crippen LogP contribution in [0.4, 0.5) is 5.69 Å². The van der Waals surface area contributed by atoms with Gasteiger partial charge in [-0.15, -0.1) is 0 Å². The average Bonchev–Trinajstić information content (AvgIpc) is 2.70. The van der Waals surface area contributed by atoms with Crippen molar-refractivity contribution in [2.24, 2.45) is 5.92 Å². The largest absolute Gasteiger partial charge is 0.336 e. The smallest absolute Gasteiger partial charge is 0.279 e. The van der Waals surface area contributed by atoms with Gasteiger partial charge >= 0.3 is 0 Å². The Morgan fingerprint density at radius 2 is 2.03 bits per heavy atom. The monoisotopic (exact) mass is 397 g/mol. The molecule has 29 heavy (non-hydrogen) atoms. The quantitative estimate of drug-likeness (QED) is 0.688. The molecule has 0 aliphatic carbocycles. The van der Waals surface area contributed by atoms with E-state index in [0.29, 0.717) is 37.6 Å². The molecule has 2 bridgehead atoms. The summed E-state index contributed by atoms with van der Waals surface area (Å²) in [7, 11) is 3.77. The van der Waals surface area contributed by atoms with Crippen LogP contribution in [0.1, 0.15) is 28.5 Å². The number of aromatic nitrogens is 3. The second kappa shape index (κ2) is 7.75. The number of rotatable bonds is 4. The first kappa shape index (κ1) is 19.3. The molecule has 1 saturated heterocycles. The molecule has 2 aliphatic rings. The molecular weight excluding hydrogens is 372 g/mol. The SMILES string of the molecule is C[NH+](C)CC(=O)Nc1ccc2n(c1=O)C[C@H]1C[C@@H]2CN(C(=O)c2cnccn2)C1. The normalized spacial score (nSPS) is 20.3. The summed E-state index contributed by atoms with van der Waals surface area (Å²) in [6.45, 7) is 1.96. The van der Waals surface area contributed by atoms with Crippen LogP contribution in [-0.2, 0) is 11.3 Å². The number of nitrogens with zero attached hydrogens (tertiary/aromatic N) is 4. The van der Waals surface area contributed by atoms with Crippen LogP contribution in [-0.4, -0.2) is 65.0 Å². The summed E-state index contributed by atoms with van der Waals surface area (Å²) < 4.78 is 1.76. The van der Waals surface area contributed by atoms with E-state index in [2.05, 4.69) is 15.3 Å². The van der Waals surface area contributed by atoms with Crippen LogP contribution < -0.4 is 15.8 Å². The first-order valence-electron chi connectivity index (χ1n) is 9.80. The minimum absolute atomic E-state index is 0.0896. The first-order valence-corrected chi connectivity index (χ1v) is 9.80. The number of piperidine rings is 1. The van der Waals surface area contributed by atoms with Crippen molar-refractivity contribution in [1.29, 1.82) is 0 Å². The number of anilines is 1. The Morgan fingerprint density at radius 1 is 1.21 bits per heavy atom. The van der Waals surface area contributed by atoms with Crippen LogP contribution in [0.5, 0.6) is 0 Å². The Hall–Kier alpha value is -3.07. The number of carbonyl (C=O) groups is 2. The molecule has 2 aromatic heterocycles. The van der Waals surface area contributed by atoms with Crippen molar-refractivity contribution in [3.8, 4) is 0 Å². The predicted molar refractivity (Wildman–Crippen MR) is 106 cm³/mol. The molecule has 2 amide bonds. The molecule has 9 nitrogen and oxygen atoms in total. The van der Waals surface area contributed by atoms with Gasteiger partial charge < -0.3 is 19.7 Å². The van der Waals surface area contributed by atoms with Gasteiger partial charge in [-0.3, -0.25) is 19.4 Å². The Labute approximate surface area is 168 Å². The highest BCUT2D eigenvalue weighted by Crippen LogP contribution is 2.35. The van der Waals surface area contributed by atoms with Gasteiger partial charge in [0, 0.05) is 43.6 Å². The minimum atomic E-state index is -0.181.